The average molecular weight is 335 g/mol. The predicted octanol–water partition coefficient (Wildman–Crippen LogP) is 2.64. The second-order valence-corrected chi connectivity index (χ2v) is 6.34. The van der Waals surface area contributed by atoms with Crippen LogP contribution >= 0.6 is 0 Å². The molecule has 1 amide bonds. The number of hydrogen-bond donors (Lipinski definition) is 1. The van der Waals surface area contributed by atoms with Gasteiger partial charge in [0.2, 0.25) is 11.3 Å². The van der Waals surface area contributed by atoms with Gasteiger partial charge in [0, 0.05) is 11.9 Å². The first-order valence-corrected chi connectivity index (χ1v) is 8.24. The van der Waals surface area contributed by atoms with E-state index in [0.29, 0.717) is 17.4 Å². The summed E-state index contributed by atoms with van der Waals surface area (Å²) in [5.74, 6) is -0.138. The zero-order valence-electron chi connectivity index (χ0n) is 14.7. The van der Waals surface area contributed by atoms with Crippen LogP contribution in [0.4, 0.5) is 0 Å². The number of benzene rings is 2. The Kier molecular flexibility index (Phi) is 4.65. The first-order chi connectivity index (χ1) is 12.0. The summed E-state index contributed by atoms with van der Waals surface area (Å²) in [5, 5.41) is 7.61. The summed E-state index contributed by atoms with van der Waals surface area (Å²) in [4.78, 5) is 24.2. The highest BCUT2D eigenvalue weighted by molar-refractivity contribution is 5.81. The van der Waals surface area contributed by atoms with E-state index < -0.39 is 0 Å². The van der Waals surface area contributed by atoms with Gasteiger partial charge in [0.15, 0.2) is 0 Å². The van der Waals surface area contributed by atoms with Crippen LogP contribution in [0, 0.1) is 20.8 Å². The van der Waals surface area contributed by atoms with Gasteiger partial charge in [-0.25, -0.2) is 0 Å². The third-order valence-corrected chi connectivity index (χ3v) is 4.36. The number of rotatable bonds is 4. The Bertz CT molecular complexity index is 982. The molecule has 1 N–H and O–H groups in total. The van der Waals surface area contributed by atoms with Crippen molar-refractivity contribution >= 4 is 16.8 Å². The zero-order chi connectivity index (χ0) is 18.0. The molecular weight excluding hydrogens is 314 g/mol. The number of fused-ring (bicyclic) bond motifs is 1. The Morgan fingerprint density at radius 3 is 2.52 bits per heavy atom. The van der Waals surface area contributed by atoms with Gasteiger partial charge < -0.3 is 5.32 Å². The fourth-order valence-corrected chi connectivity index (χ4v) is 3.15. The quantitative estimate of drug-likeness (QED) is 0.797. The van der Waals surface area contributed by atoms with E-state index in [1.54, 1.807) is 22.9 Å². The summed E-state index contributed by atoms with van der Waals surface area (Å²) in [6.07, 6.45) is 1.25. The molecule has 25 heavy (non-hydrogen) atoms. The van der Waals surface area contributed by atoms with Crippen molar-refractivity contribution in [3.8, 4) is 0 Å². The number of aromatic nitrogens is 2. The van der Waals surface area contributed by atoms with E-state index in [0.717, 1.165) is 5.56 Å². The van der Waals surface area contributed by atoms with E-state index >= 15 is 0 Å². The van der Waals surface area contributed by atoms with Crippen LogP contribution in [0.3, 0.4) is 0 Å². The maximum absolute atomic E-state index is 12.4. The SMILES string of the molecule is Cc1cc(C)c(CNC(=O)Cn2ncc(=O)c3ccccc32)c(C)c1. The Hall–Kier alpha value is -2.95. The van der Waals surface area contributed by atoms with Crippen LogP contribution in [0.2, 0.25) is 0 Å². The average Bonchev–Trinajstić information content (AvgIpc) is 2.57. The molecule has 0 spiro atoms. The van der Waals surface area contributed by atoms with E-state index in [4.69, 9.17) is 0 Å². The third-order valence-electron chi connectivity index (χ3n) is 4.36. The molecule has 0 bridgehead atoms. The van der Waals surface area contributed by atoms with Gasteiger partial charge in [-0.3, -0.25) is 14.3 Å². The number of carbonyl (C=O) groups is 1. The minimum absolute atomic E-state index is 0.0742. The molecule has 0 unspecified atom stereocenters. The highest BCUT2D eigenvalue weighted by Gasteiger charge is 2.09. The molecule has 3 rings (SSSR count). The van der Waals surface area contributed by atoms with E-state index in [2.05, 4.69) is 43.3 Å². The Morgan fingerprint density at radius 2 is 1.80 bits per heavy atom. The zero-order valence-corrected chi connectivity index (χ0v) is 14.7. The molecule has 0 saturated heterocycles. The highest BCUT2D eigenvalue weighted by atomic mass is 16.2. The monoisotopic (exact) mass is 335 g/mol. The summed E-state index contributed by atoms with van der Waals surface area (Å²) < 4.78 is 1.56. The molecule has 5 heteroatoms. The van der Waals surface area contributed by atoms with Gasteiger partial charge in [0.05, 0.1) is 11.7 Å². The Balaban J connectivity index is 1.76. The van der Waals surface area contributed by atoms with Gasteiger partial charge in [0.1, 0.15) is 6.54 Å². The molecule has 128 valence electrons. The van der Waals surface area contributed by atoms with E-state index in [9.17, 15) is 9.59 Å². The smallest absolute Gasteiger partial charge is 0.242 e. The molecule has 0 aliphatic carbocycles. The molecule has 1 heterocycles. The standard InChI is InChI=1S/C20H21N3O2/c1-13-8-14(2)17(15(3)9-13)10-21-20(25)12-23-18-7-5-4-6-16(18)19(24)11-22-23/h4-9,11H,10,12H2,1-3H3,(H,21,25). The number of amides is 1. The van der Waals surface area contributed by atoms with Gasteiger partial charge in [0.25, 0.3) is 0 Å². The van der Waals surface area contributed by atoms with Crippen molar-refractivity contribution < 1.29 is 4.79 Å². The van der Waals surface area contributed by atoms with Gasteiger partial charge in [-0.2, -0.15) is 5.10 Å². The van der Waals surface area contributed by atoms with Gasteiger partial charge >= 0.3 is 0 Å². The molecule has 0 fully saturated rings. The van der Waals surface area contributed by atoms with Crippen LogP contribution < -0.4 is 10.7 Å². The van der Waals surface area contributed by atoms with Crippen molar-refractivity contribution in [3.63, 3.8) is 0 Å². The van der Waals surface area contributed by atoms with Crippen LogP contribution in [-0.4, -0.2) is 15.7 Å². The molecule has 0 atom stereocenters. The lowest BCUT2D eigenvalue weighted by atomic mass is 10.00. The van der Waals surface area contributed by atoms with Gasteiger partial charge in [-0.05, 0) is 49.6 Å². The molecule has 2 aromatic carbocycles. The van der Waals surface area contributed by atoms with Crippen LogP contribution in [0.1, 0.15) is 22.3 Å². The molecule has 1 aromatic heterocycles. The van der Waals surface area contributed by atoms with Crippen molar-refractivity contribution in [2.75, 3.05) is 0 Å². The van der Waals surface area contributed by atoms with Crippen molar-refractivity contribution in [2.45, 2.75) is 33.9 Å². The highest BCUT2D eigenvalue weighted by Crippen LogP contribution is 2.16. The van der Waals surface area contributed by atoms with Crippen LogP contribution in [0.15, 0.2) is 47.4 Å². The lowest BCUT2D eigenvalue weighted by Crippen LogP contribution is -2.29. The predicted molar refractivity (Wildman–Crippen MR) is 98.5 cm³/mol. The molecule has 0 aliphatic rings. The van der Waals surface area contributed by atoms with Gasteiger partial charge in [-0.15, -0.1) is 0 Å². The largest absolute Gasteiger partial charge is 0.350 e. The van der Waals surface area contributed by atoms with Crippen molar-refractivity contribution in [3.05, 3.63) is 75.1 Å². The second kappa shape index (κ2) is 6.89. The summed E-state index contributed by atoms with van der Waals surface area (Å²) in [7, 11) is 0. The van der Waals surface area contributed by atoms with Crippen molar-refractivity contribution in [2.24, 2.45) is 0 Å². The topological polar surface area (TPSA) is 64.0 Å². The van der Waals surface area contributed by atoms with Crippen molar-refractivity contribution in [1.29, 1.82) is 0 Å². The number of aryl methyl sites for hydroxylation is 3. The molecule has 3 aromatic rings. The maximum Gasteiger partial charge on any atom is 0.242 e. The molecule has 0 saturated carbocycles. The van der Waals surface area contributed by atoms with Crippen molar-refractivity contribution in [1.82, 2.24) is 15.1 Å². The summed E-state index contributed by atoms with van der Waals surface area (Å²) in [6.45, 7) is 6.73. The Labute approximate surface area is 146 Å². The molecular formula is C20H21N3O2. The Morgan fingerprint density at radius 1 is 1.12 bits per heavy atom. The van der Waals surface area contributed by atoms with Gasteiger partial charge in [-0.1, -0.05) is 29.8 Å². The first-order valence-electron chi connectivity index (χ1n) is 8.24. The lowest BCUT2D eigenvalue weighted by molar-refractivity contribution is -0.121. The summed E-state index contributed by atoms with van der Waals surface area (Å²) >= 11 is 0. The molecule has 5 nitrogen and oxygen atoms in total. The number of carbonyl (C=O) groups excluding carboxylic acids is 1. The summed E-state index contributed by atoms with van der Waals surface area (Å²) in [6, 6.07) is 11.4. The first kappa shape index (κ1) is 16.9. The summed E-state index contributed by atoms with van der Waals surface area (Å²) in [5.41, 5.74) is 5.21. The lowest BCUT2D eigenvalue weighted by Gasteiger charge is -2.13. The maximum atomic E-state index is 12.4. The van der Waals surface area contributed by atoms with E-state index in [-0.39, 0.29) is 17.9 Å². The van der Waals surface area contributed by atoms with E-state index in [1.165, 1.54) is 22.9 Å². The minimum atomic E-state index is -0.141. The fourth-order valence-electron chi connectivity index (χ4n) is 3.15. The minimum Gasteiger partial charge on any atom is -0.350 e. The normalized spacial score (nSPS) is 10.8. The second-order valence-electron chi connectivity index (χ2n) is 6.34. The van der Waals surface area contributed by atoms with Crippen LogP contribution in [0.25, 0.3) is 10.9 Å². The number of nitrogens with one attached hydrogen (secondary N) is 1. The number of hydrogen-bond acceptors (Lipinski definition) is 3. The van der Waals surface area contributed by atoms with Crippen LogP contribution in [0.5, 0.6) is 0 Å². The fraction of sp³-hybridized carbons (Fsp3) is 0.250. The number of para-hydroxylation sites is 1. The molecule has 0 aliphatic heterocycles. The van der Waals surface area contributed by atoms with E-state index in [1.807, 2.05) is 6.07 Å². The molecule has 0 radical (unpaired) electrons. The third kappa shape index (κ3) is 3.60. The number of nitrogens with zero attached hydrogens (tertiary/aromatic N) is 2. The van der Waals surface area contributed by atoms with Crippen LogP contribution in [-0.2, 0) is 17.9 Å².